The molecule has 0 aromatic rings. The molecule has 1 aliphatic carbocycles. The van der Waals surface area contributed by atoms with Crippen molar-refractivity contribution in [3.05, 3.63) is 0 Å². The highest BCUT2D eigenvalue weighted by atomic mass is 19.4. The molecule has 7 nitrogen and oxygen atoms in total. The number of ether oxygens (including phenoxy) is 3. The maximum atomic E-state index is 12.3. The third-order valence-electron chi connectivity index (χ3n) is 3.42. The molecule has 0 atom stereocenters. The maximum absolute atomic E-state index is 12.3. The Bertz CT molecular complexity index is 417. The van der Waals surface area contributed by atoms with Gasteiger partial charge in [-0.15, -0.1) is 13.2 Å². The van der Waals surface area contributed by atoms with Crippen molar-refractivity contribution in [2.45, 2.75) is 37.5 Å². The van der Waals surface area contributed by atoms with E-state index in [0.29, 0.717) is 6.42 Å². The topological polar surface area (TPSA) is 99.9 Å². The van der Waals surface area contributed by atoms with Crippen molar-refractivity contribution >= 4 is 11.7 Å². The van der Waals surface area contributed by atoms with Crippen LogP contribution in [-0.4, -0.2) is 43.2 Å². The minimum atomic E-state index is -4.75. The average molecular weight is 312 g/mol. The van der Waals surface area contributed by atoms with E-state index < -0.39 is 35.9 Å². The first kappa shape index (κ1) is 16.1. The van der Waals surface area contributed by atoms with Crippen molar-refractivity contribution in [3.63, 3.8) is 0 Å². The molecule has 0 aromatic carbocycles. The smallest absolute Gasteiger partial charge is 0.336 e. The van der Waals surface area contributed by atoms with Crippen LogP contribution in [0.15, 0.2) is 0 Å². The SMILES string of the molecule is NNC(=O)C1(C(=O)C2CC(OC(F)(F)F)C2)OCCCO1. The van der Waals surface area contributed by atoms with E-state index in [9.17, 15) is 22.8 Å². The number of nitrogens with one attached hydrogen (secondary N) is 1. The average Bonchev–Trinajstić information content (AvgIpc) is 2.40. The number of hydrazine groups is 1. The van der Waals surface area contributed by atoms with Crippen molar-refractivity contribution in [3.8, 4) is 0 Å². The van der Waals surface area contributed by atoms with Crippen LogP contribution < -0.4 is 11.3 Å². The van der Waals surface area contributed by atoms with Crippen molar-refractivity contribution < 1.29 is 37.0 Å². The van der Waals surface area contributed by atoms with E-state index in [1.807, 2.05) is 0 Å². The number of nitrogens with two attached hydrogens (primary N) is 1. The molecule has 3 N–H and O–H groups in total. The fraction of sp³-hybridized carbons (Fsp3) is 0.818. The van der Waals surface area contributed by atoms with Gasteiger partial charge in [-0.05, 0) is 19.3 Å². The minimum absolute atomic E-state index is 0.119. The molecule has 1 saturated heterocycles. The van der Waals surface area contributed by atoms with Gasteiger partial charge in [-0.2, -0.15) is 0 Å². The molecule has 21 heavy (non-hydrogen) atoms. The van der Waals surface area contributed by atoms with Gasteiger partial charge in [0.2, 0.25) is 5.78 Å². The molecular formula is C11H15F3N2O5. The van der Waals surface area contributed by atoms with Crippen molar-refractivity contribution in [1.29, 1.82) is 0 Å². The van der Waals surface area contributed by atoms with Gasteiger partial charge in [-0.25, -0.2) is 5.84 Å². The van der Waals surface area contributed by atoms with Crippen molar-refractivity contribution in [2.75, 3.05) is 13.2 Å². The second kappa shape index (κ2) is 5.87. The maximum Gasteiger partial charge on any atom is 0.522 e. The quantitative estimate of drug-likeness (QED) is 0.328. The van der Waals surface area contributed by atoms with Crippen LogP contribution in [0.25, 0.3) is 0 Å². The van der Waals surface area contributed by atoms with Crippen LogP contribution in [0.1, 0.15) is 19.3 Å². The normalized spacial score (nSPS) is 28.6. The first-order valence-corrected chi connectivity index (χ1v) is 6.36. The van der Waals surface area contributed by atoms with Crippen LogP contribution in [0, 0.1) is 5.92 Å². The second-order valence-corrected chi connectivity index (χ2v) is 4.86. The van der Waals surface area contributed by atoms with Crippen LogP contribution >= 0.6 is 0 Å². The summed E-state index contributed by atoms with van der Waals surface area (Å²) in [5.74, 6) is 0.352. The molecule has 1 heterocycles. The molecule has 120 valence electrons. The number of amides is 1. The molecule has 1 saturated carbocycles. The molecule has 2 aliphatic rings. The van der Waals surface area contributed by atoms with Gasteiger partial charge in [-0.3, -0.25) is 19.8 Å². The number of carbonyl (C=O) groups excluding carboxylic acids is 2. The summed E-state index contributed by atoms with van der Waals surface area (Å²) < 4.78 is 50.2. The molecular weight excluding hydrogens is 297 g/mol. The van der Waals surface area contributed by atoms with Crippen LogP contribution in [0.5, 0.6) is 0 Å². The zero-order valence-electron chi connectivity index (χ0n) is 10.9. The van der Waals surface area contributed by atoms with Gasteiger partial charge in [-0.1, -0.05) is 0 Å². The lowest BCUT2D eigenvalue weighted by molar-refractivity contribution is -0.354. The molecule has 0 bridgehead atoms. The lowest BCUT2D eigenvalue weighted by Crippen LogP contribution is -2.63. The molecule has 1 aliphatic heterocycles. The predicted octanol–water partition coefficient (Wildman–Crippen LogP) is -0.00640. The third-order valence-corrected chi connectivity index (χ3v) is 3.42. The van der Waals surface area contributed by atoms with Crippen LogP contribution in [-0.2, 0) is 23.8 Å². The first-order chi connectivity index (χ1) is 9.78. The van der Waals surface area contributed by atoms with Gasteiger partial charge in [0.05, 0.1) is 19.3 Å². The van der Waals surface area contributed by atoms with E-state index in [2.05, 4.69) is 4.74 Å². The standard InChI is InChI=1S/C11H15F3N2O5/c12-11(13,14)21-7-4-6(5-7)8(17)10(9(18)16-15)19-2-1-3-20-10/h6-7H,1-5,15H2,(H,16,18). The summed E-state index contributed by atoms with van der Waals surface area (Å²) in [6.45, 7) is 0.239. The van der Waals surface area contributed by atoms with E-state index in [1.165, 1.54) is 0 Å². The number of halogens is 3. The zero-order valence-corrected chi connectivity index (χ0v) is 10.9. The Labute approximate surface area is 117 Å². The minimum Gasteiger partial charge on any atom is -0.336 e. The van der Waals surface area contributed by atoms with Crippen LogP contribution in [0.2, 0.25) is 0 Å². The van der Waals surface area contributed by atoms with Gasteiger partial charge in [0, 0.05) is 5.92 Å². The van der Waals surface area contributed by atoms with E-state index in [4.69, 9.17) is 15.3 Å². The lowest BCUT2D eigenvalue weighted by atomic mass is 9.76. The Morgan fingerprint density at radius 1 is 1.24 bits per heavy atom. The summed E-state index contributed by atoms with van der Waals surface area (Å²) in [5, 5.41) is 0. The number of carbonyl (C=O) groups is 2. The van der Waals surface area contributed by atoms with Gasteiger partial charge in [0.25, 0.3) is 0 Å². The van der Waals surface area contributed by atoms with Gasteiger partial charge >= 0.3 is 18.1 Å². The zero-order chi connectivity index (χ0) is 15.7. The summed E-state index contributed by atoms with van der Waals surface area (Å²) >= 11 is 0. The van der Waals surface area contributed by atoms with E-state index in [-0.39, 0.29) is 26.1 Å². The van der Waals surface area contributed by atoms with E-state index >= 15 is 0 Å². The fourth-order valence-corrected chi connectivity index (χ4v) is 2.35. The highest BCUT2D eigenvalue weighted by Crippen LogP contribution is 2.39. The molecule has 0 spiro atoms. The Morgan fingerprint density at radius 2 is 1.81 bits per heavy atom. The number of ketones is 1. The molecule has 0 unspecified atom stereocenters. The monoisotopic (exact) mass is 312 g/mol. The molecule has 2 fully saturated rings. The van der Waals surface area contributed by atoms with Crippen molar-refractivity contribution in [2.24, 2.45) is 11.8 Å². The Hall–Kier alpha value is -1.23. The highest BCUT2D eigenvalue weighted by Gasteiger charge is 2.56. The number of alkyl halides is 3. The number of Topliss-reactive ketones (excluding diaryl/α,β-unsaturated/α-hetero) is 1. The summed E-state index contributed by atoms with van der Waals surface area (Å²) in [4.78, 5) is 24.1. The van der Waals surface area contributed by atoms with Gasteiger partial charge in [0.1, 0.15) is 0 Å². The van der Waals surface area contributed by atoms with Crippen molar-refractivity contribution in [1.82, 2.24) is 5.43 Å². The van der Waals surface area contributed by atoms with Crippen LogP contribution in [0.4, 0.5) is 13.2 Å². The molecule has 0 radical (unpaired) electrons. The van der Waals surface area contributed by atoms with Gasteiger partial charge in [0.15, 0.2) is 0 Å². The Balaban J connectivity index is 2.00. The Morgan fingerprint density at radius 3 is 2.29 bits per heavy atom. The summed E-state index contributed by atoms with van der Waals surface area (Å²) in [6.07, 6.45) is -5.64. The molecule has 2 rings (SSSR count). The molecule has 1 amide bonds. The predicted molar refractivity (Wildman–Crippen MR) is 60.2 cm³/mol. The highest BCUT2D eigenvalue weighted by molar-refractivity contribution is 6.09. The third kappa shape index (κ3) is 3.34. The lowest BCUT2D eigenvalue weighted by Gasteiger charge is -2.40. The number of hydrogen-bond donors (Lipinski definition) is 2. The Kier molecular flexibility index (Phi) is 4.51. The summed E-state index contributed by atoms with van der Waals surface area (Å²) in [7, 11) is 0. The number of hydrogen-bond acceptors (Lipinski definition) is 6. The molecule has 10 heteroatoms. The van der Waals surface area contributed by atoms with E-state index in [0.717, 1.165) is 0 Å². The summed E-state index contributed by atoms with van der Waals surface area (Å²) in [6, 6.07) is 0. The van der Waals surface area contributed by atoms with Crippen LogP contribution in [0.3, 0.4) is 0 Å². The number of rotatable bonds is 4. The fourth-order valence-electron chi connectivity index (χ4n) is 2.35. The molecule has 0 aromatic heterocycles. The first-order valence-electron chi connectivity index (χ1n) is 6.36. The van der Waals surface area contributed by atoms with Gasteiger partial charge < -0.3 is 9.47 Å². The second-order valence-electron chi connectivity index (χ2n) is 4.86. The summed E-state index contributed by atoms with van der Waals surface area (Å²) in [5.41, 5.74) is 1.79. The largest absolute Gasteiger partial charge is 0.522 e. The van der Waals surface area contributed by atoms with E-state index in [1.54, 1.807) is 5.43 Å².